The Morgan fingerprint density at radius 2 is 2.11 bits per heavy atom. The molecule has 1 N–H and O–H groups in total. The van der Waals surface area contributed by atoms with Crippen molar-refractivity contribution in [3.05, 3.63) is 35.8 Å². The maximum atomic E-state index is 13.9. The van der Waals surface area contributed by atoms with Gasteiger partial charge in [0, 0.05) is 30.2 Å². The van der Waals surface area contributed by atoms with Gasteiger partial charge in [-0.25, -0.2) is 4.39 Å². The molecule has 1 aliphatic carbocycles. The Labute approximate surface area is 113 Å². The summed E-state index contributed by atoms with van der Waals surface area (Å²) >= 11 is 0. The maximum absolute atomic E-state index is 13.9. The predicted octanol–water partition coefficient (Wildman–Crippen LogP) is 3.83. The molecule has 1 aromatic heterocycles. The highest BCUT2D eigenvalue weighted by Crippen LogP contribution is 2.24. The Kier molecular flexibility index (Phi) is 3.56. The maximum Gasteiger partial charge on any atom is 0.147 e. The second kappa shape index (κ2) is 5.33. The highest BCUT2D eigenvalue weighted by Gasteiger charge is 2.16. The minimum atomic E-state index is -0.119. The molecule has 3 heteroatoms. The first-order valence-corrected chi connectivity index (χ1v) is 7.29. The number of nitrogens with one attached hydrogen (secondary N) is 1. The van der Waals surface area contributed by atoms with E-state index in [4.69, 9.17) is 0 Å². The summed E-state index contributed by atoms with van der Waals surface area (Å²) in [7, 11) is 0. The summed E-state index contributed by atoms with van der Waals surface area (Å²) in [6, 6.07) is 8.08. The van der Waals surface area contributed by atoms with Crippen LogP contribution in [0.1, 0.15) is 38.3 Å². The molecule has 1 saturated carbocycles. The van der Waals surface area contributed by atoms with Crippen molar-refractivity contribution in [2.75, 3.05) is 0 Å². The Morgan fingerprint density at radius 1 is 1.32 bits per heavy atom. The topological polar surface area (TPSA) is 17.0 Å². The molecule has 0 radical (unpaired) electrons. The van der Waals surface area contributed by atoms with Crippen LogP contribution in [0.2, 0.25) is 0 Å². The van der Waals surface area contributed by atoms with Gasteiger partial charge in [-0.15, -0.1) is 0 Å². The van der Waals surface area contributed by atoms with Crippen LogP contribution in [0, 0.1) is 5.82 Å². The first-order chi connectivity index (χ1) is 9.29. The number of benzene rings is 1. The van der Waals surface area contributed by atoms with Gasteiger partial charge in [0.2, 0.25) is 0 Å². The van der Waals surface area contributed by atoms with Crippen LogP contribution >= 0.6 is 0 Å². The van der Waals surface area contributed by atoms with Gasteiger partial charge in [-0.05, 0) is 31.9 Å². The van der Waals surface area contributed by atoms with Crippen molar-refractivity contribution >= 4 is 10.9 Å². The number of aromatic nitrogens is 1. The summed E-state index contributed by atoms with van der Waals surface area (Å²) in [6.45, 7) is 3.73. The molecule has 0 spiro atoms. The number of hydrogen-bond acceptors (Lipinski definition) is 1. The number of nitrogens with zero attached hydrogens (tertiary/aromatic N) is 1. The average Bonchev–Trinajstić information content (AvgIpc) is 3.03. The fourth-order valence-corrected chi connectivity index (χ4v) is 3.22. The third kappa shape index (κ3) is 2.39. The molecular weight excluding hydrogens is 239 g/mol. The lowest BCUT2D eigenvalue weighted by Crippen LogP contribution is -2.26. The van der Waals surface area contributed by atoms with E-state index in [1.165, 1.54) is 31.4 Å². The van der Waals surface area contributed by atoms with E-state index in [9.17, 15) is 4.39 Å². The van der Waals surface area contributed by atoms with E-state index in [2.05, 4.69) is 22.9 Å². The van der Waals surface area contributed by atoms with Crippen molar-refractivity contribution in [2.24, 2.45) is 0 Å². The van der Waals surface area contributed by atoms with Gasteiger partial charge in [0.1, 0.15) is 5.82 Å². The Hall–Kier alpha value is -1.35. The summed E-state index contributed by atoms with van der Waals surface area (Å²) in [6.07, 6.45) is 5.23. The molecular formula is C16H21FN2. The molecule has 1 aliphatic rings. The van der Waals surface area contributed by atoms with Gasteiger partial charge in [-0.1, -0.05) is 25.0 Å². The van der Waals surface area contributed by atoms with Gasteiger partial charge in [0.25, 0.3) is 0 Å². The molecule has 1 heterocycles. The molecule has 0 saturated heterocycles. The lowest BCUT2D eigenvalue weighted by atomic mass is 10.2. The van der Waals surface area contributed by atoms with E-state index in [-0.39, 0.29) is 5.82 Å². The van der Waals surface area contributed by atoms with Crippen LogP contribution in [-0.4, -0.2) is 10.6 Å². The van der Waals surface area contributed by atoms with Crippen molar-refractivity contribution < 1.29 is 4.39 Å². The summed E-state index contributed by atoms with van der Waals surface area (Å²) in [5, 5.41) is 4.61. The van der Waals surface area contributed by atoms with Crippen molar-refractivity contribution in [3.8, 4) is 0 Å². The molecule has 19 heavy (non-hydrogen) atoms. The van der Waals surface area contributed by atoms with Crippen molar-refractivity contribution in [3.63, 3.8) is 0 Å². The van der Waals surface area contributed by atoms with Crippen LogP contribution in [0.5, 0.6) is 0 Å². The predicted molar refractivity (Wildman–Crippen MR) is 76.7 cm³/mol. The number of hydrogen-bond donors (Lipinski definition) is 1. The molecule has 1 fully saturated rings. The molecule has 0 unspecified atom stereocenters. The molecule has 0 amide bonds. The lowest BCUT2D eigenvalue weighted by molar-refractivity contribution is 0.509. The second-order valence-electron chi connectivity index (χ2n) is 5.42. The summed E-state index contributed by atoms with van der Waals surface area (Å²) in [5.41, 5.74) is 1.93. The highest BCUT2D eigenvalue weighted by molar-refractivity contribution is 5.81. The lowest BCUT2D eigenvalue weighted by Gasteiger charge is -2.13. The van der Waals surface area contributed by atoms with Crippen LogP contribution in [0.3, 0.4) is 0 Å². The van der Waals surface area contributed by atoms with Gasteiger partial charge in [-0.2, -0.15) is 0 Å². The van der Waals surface area contributed by atoms with Crippen molar-refractivity contribution in [2.45, 2.75) is 51.7 Å². The van der Waals surface area contributed by atoms with E-state index < -0.39 is 0 Å². The van der Waals surface area contributed by atoms with Gasteiger partial charge in [-0.3, -0.25) is 0 Å². The van der Waals surface area contributed by atoms with Crippen LogP contribution in [-0.2, 0) is 13.1 Å². The zero-order valence-electron chi connectivity index (χ0n) is 11.5. The molecule has 0 aliphatic heterocycles. The Morgan fingerprint density at radius 3 is 2.84 bits per heavy atom. The van der Waals surface area contributed by atoms with Crippen LogP contribution in [0.15, 0.2) is 24.3 Å². The Bertz CT molecular complexity index is 567. The molecule has 0 atom stereocenters. The summed E-state index contributed by atoms with van der Waals surface area (Å²) in [4.78, 5) is 0. The second-order valence-corrected chi connectivity index (χ2v) is 5.42. The SMILES string of the molecule is CCn1c(CNC2CCCC2)cc2cccc(F)c21. The normalized spacial score (nSPS) is 16.5. The molecule has 0 bridgehead atoms. The number of fused-ring (bicyclic) bond motifs is 1. The van der Waals surface area contributed by atoms with E-state index in [1.54, 1.807) is 12.1 Å². The zero-order chi connectivity index (χ0) is 13.2. The van der Waals surface area contributed by atoms with Gasteiger partial charge in [0.05, 0.1) is 5.52 Å². The molecule has 3 rings (SSSR count). The minimum absolute atomic E-state index is 0.119. The standard InChI is InChI=1S/C16H21FN2/c1-2-19-14(11-18-13-7-3-4-8-13)10-12-6-5-9-15(17)16(12)19/h5-6,9-10,13,18H,2-4,7-8,11H2,1H3. The minimum Gasteiger partial charge on any atom is -0.341 e. The van der Waals surface area contributed by atoms with Crippen molar-refractivity contribution in [1.29, 1.82) is 0 Å². The van der Waals surface area contributed by atoms with Crippen LogP contribution in [0.4, 0.5) is 4.39 Å². The monoisotopic (exact) mass is 260 g/mol. The first-order valence-electron chi connectivity index (χ1n) is 7.29. The third-order valence-electron chi connectivity index (χ3n) is 4.20. The zero-order valence-corrected chi connectivity index (χ0v) is 11.5. The number of rotatable bonds is 4. The average molecular weight is 260 g/mol. The molecule has 102 valence electrons. The van der Waals surface area contributed by atoms with Crippen LogP contribution in [0.25, 0.3) is 10.9 Å². The van der Waals surface area contributed by atoms with Crippen molar-refractivity contribution in [1.82, 2.24) is 9.88 Å². The summed E-state index contributed by atoms with van der Waals surface area (Å²) < 4.78 is 16.0. The highest BCUT2D eigenvalue weighted by atomic mass is 19.1. The fourth-order valence-electron chi connectivity index (χ4n) is 3.22. The third-order valence-corrected chi connectivity index (χ3v) is 4.20. The molecule has 2 aromatic rings. The molecule has 2 nitrogen and oxygen atoms in total. The number of aryl methyl sites for hydroxylation is 1. The summed E-state index contributed by atoms with van der Waals surface area (Å²) in [5.74, 6) is -0.119. The van der Waals surface area contributed by atoms with Gasteiger partial charge in [0.15, 0.2) is 0 Å². The fraction of sp³-hybridized carbons (Fsp3) is 0.500. The van der Waals surface area contributed by atoms with Crippen LogP contribution < -0.4 is 5.32 Å². The number of halogens is 1. The van der Waals surface area contributed by atoms with E-state index in [0.717, 1.165) is 24.0 Å². The first kappa shape index (κ1) is 12.7. The smallest absolute Gasteiger partial charge is 0.147 e. The van der Waals surface area contributed by atoms with Gasteiger partial charge >= 0.3 is 0 Å². The molecule has 1 aromatic carbocycles. The van der Waals surface area contributed by atoms with E-state index in [0.29, 0.717) is 6.04 Å². The largest absolute Gasteiger partial charge is 0.341 e. The number of para-hydroxylation sites is 1. The van der Waals surface area contributed by atoms with Gasteiger partial charge < -0.3 is 9.88 Å². The quantitative estimate of drug-likeness (QED) is 0.884. The Balaban J connectivity index is 1.87. The van der Waals surface area contributed by atoms with E-state index in [1.807, 2.05) is 6.07 Å². The van der Waals surface area contributed by atoms with E-state index >= 15 is 0 Å².